The molecule has 0 saturated heterocycles. The maximum Gasteiger partial charge on any atom is 0.264 e. The van der Waals surface area contributed by atoms with E-state index in [0.717, 1.165) is 23.8 Å². The average Bonchev–Trinajstić information content (AvgIpc) is 2.82. The number of anilines is 1. The highest BCUT2D eigenvalue weighted by atomic mass is 32.2. The summed E-state index contributed by atoms with van der Waals surface area (Å²) in [6.45, 7) is 7.31. The Kier molecular flexibility index (Phi) is 6.92. The molecule has 0 aliphatic carbocycles. The fourth-order valence-electron chi connectivity index (χ4n) is 4.15. The van der Waals surface area contributed by atoms with Crippen molar-refractivity contribution in [2.45, 2.75) is 51.5 Å². The van der Waals surface area contributed by atoms with Crippen LogP contribution < -0.4 is 9.04 Å². The van der Waals surface area contributed by atoms with E-state index < -0.39 is 33.2 Å². The lowest BCUT2D eigenvalue weighted by molar-refractivity contribution is -0.126. The number of carbonyl (C=O) groups excluding carboxylic acids is 1. The molecule has 3 aromatic rings. The molecule has 0 saturated carbocycles. The zero-order valence-corrected chi connectivity index (χ0v) is 21.5. The molecule has 1 aliphatic heterocycles. The fourth-order valence-corrected chi connectivity index (χ4v) is 5.75. The number of fused-ring (bicyclic) bond motifs is 1. The Morgan fingerprint density at radius 1 is 1.06 bits per heavy atom. The van der Waals surface area contributed by atoms with Crippen molar-refractivity contribution < 1.29 is 26.7 Å². The normalized spacial score (nSPS) is 15.8. The van der Waals surface area contributed by atoms with E-state index in [-0.39, 0.29) is 34.9 Å². The van der Waals surface area contributed by atoms with Crippen molar-refractivity contribution in [3.63, 3.8) is 0 Å². The Morgan fingerprint density at radius 3 is 2.50 bits per heavy atom. The number of rotatable bonds is 6. The fraction of sp³-hybridized carbons (Fsp3) is 0.321. The van der Waals surface area contributed by atoms with Crippen LogP contribution in [0.25, 0.3) is 11.1 Å². The van der Waals surface area contributed by atoms with Crippen molar-refractivity contribution in [2.24, 2.45) is 5.41 Å². The van der Waals surface area contributed by atoms with Gasteiger partial charge in [0.25, 0.3) is 10.0 Å². The molecule has 5 nitrogen and oxygen atoms in total. The lowest BCUT2D eigenvalue weighted by Gasteiger charge is -2.36. The molecule has 0 bridgehead atoms. The first-order chi connectivity index (χ1) is 16.9. The van der Waals surface area contributed by atoms with Crippen LogP contribution in [-0.4, -0.2) is 26.8 Å². The predicted octanol–water partition coefficient (Wildman–Crippen LogP) is 6.29. The van der Waals surface area contributed by atoms with Gasteiger partial charge < -0.3 is 4.74 Å². The van der Waals surface area contributed by atoms with Crippen molar-refractivity contribution >= 4 is 21.5 Å². The molecule has 0 aromatic heterocycles. The molecule has 0 radical (unpaired) electrons. The number of aryl methyl sites for hydroxylation is 1. The van der Waals surface area contributed by atoms with Crippen LogP contribution in [0.15, 0.2) is 65.6 Å². The first kappa shape index (κ1) is 25.8. The van der Waals surface area contributed by atoms with E-state index in [0.29, 0.717) is 17.7 Å². The van der Waals surface area contributed by atoms with Gasteiger partial charge in [0, 0.05) is 17.4 Å². The van der Waals surface area contributed by atoms with Crippen molar-refractivity contribution in [1.82, 2.24) is 0 Å². The molecule has 1 heterocycles. The summed E-state index contributed by atoms with van der Waals surface area (Å²) >= 11 is 0. The molecular weight excluding hydrogens is 484 g/mol. The second-order valence-electron chi connectivity index (χ2n) is 10.1. The minimum absolute atomic E-state index is 0.0172. The number of Topliss-reactive ketones (excluding diaryl/α,β-unsaturated/α-hetero) is 1. The quantitative estimate of drug-likeness (QED) is 0.389. The number of carbonyl (C=O) groups is 1. The van der Waals surface area contributed by atoms with Gasteiger partial charge in [-0.3, -0.25) is 9.10 Å². The molecule has 0 unspecified atom stereocenters. The number of ether oxygens (including phenoxy) is 1. The third kappa shape index (κ3) is 5.28. The molecule has 8 heteroatoms. The first-order valence-corrected chi connectivity index (χ1v) is 13.2. The highest BCUT2D eigenvalue weighted by molar-refractivity contribution is 7.92. The monoisotopic (exact) mass is 513 g/mol. The lowest BCUT2D eigenvalue weighted by atomic mass is 9.87. The summed E-state index contributed by atoms with van der Waals surface area (Å²) in [6, 6.07) is 14.3. The summed E-state index contributed by atoms with van der Waals surface area (Å²) in [5.74, 6) is -0.874. The Morgan fingerprint density at radius 2 is 1.81 bits per heavy atom. The van der Waals surface area contributed by atoms with Gasteiger partial charge in [0.1, 0.15) is 29.3 Å². The van der Waals surface area contributed by atoms with E-state index in [4.69, 9.17) is 4.74 Å². The molecule has 1 aliphatic rings. The Balaban J connectivity index is 1.77. The molecule has 0 N–H and O–H groups in total. The van der Waals surface area contributed by atoms with Crippen LogP contribution in [0.3, 0.4) is 0 Å². The molecular formula is C28H29F2NO4S. The number of hydrogen-bond donors (Lipinski definition) is 0. The standard InChI is InChI=1S/C28H29F2NO4S/c1-18-6-5-7-22(14-18)36(33,34)31-17-21(10-13-27(32)28(2,3)4)35-26-12-8-19(15-25(26)31)23-16-20(29)9-11-24(23)30/h5-9,11-12,14-16,21H,10,13,17H2,1-4H3/t21-/m0/s1. The molecule has 0 spiro atoms. The highest BCUT2D eigenvalue weighted by Gasteiger charge is 2.35. The maximum absolute atomic E-state index is 14.5. The van der Waals surface area contributed by atoms with Crippen LogP contribution in [0.2, 0.25) is 0 Å². The summed E-state index contributed by atoms with van der Waals surface area (Å²) in [5.41, 5.74) is 0.844. The largest absolute Gasteiger partial charge is 0.486 e. The molecule has 3 aromatic carbocycles. The summed E-state index contributed by atoms with van der Waals surface area (Å²) in [5, 5.41) is 0. The van der Waals surface area contributed by atoms with E-state index in [2.05, 4.69) is 0 Å². The molecule has 190 valence electrons. The minimum atomic E-state index is -4.01. The van der Waals surface area contributed by atoms with E-state index in [1.165, 1.54) is 16.4 Å². The van der Waals surface area contributed by atoms with E-state index in [1.54, 1.807) is 37.3 Å². The van der Waals surface area contributed by atoms with Gasteiger partial charge in [-0.2, -0.15) is 0 Å². The van der Waals surface area contributed by atoms with Gasteiger partial charge in [-0.25, -0.2) is 17.2 Å². The third-order valence-electron chi connectivity index (χ3n) is 6.24. The molecule has 36 heavy (non-hydrogen) atoms. The summed E-state index contributed by atoms with van der Waals surface area (Å²) in [7, 11) is -4.01. The topological polar surface area (TPSA) is 63.7 Å². The van der Waals surface area contributed by atoms with Crippen LogP contribution in [0, 0.1) is 24.0 Å². The number of ketones is 1. The van der Waals surface area contributed by atoms with Gasteiger partial charge in [0.2, 0.25) is 0 Å². The SMILES string of the molecule is Cc1cccc(S(=O)(=O)N2C[C@H](CCC(=O)C(C)(C)C)Oc3ccc(-c4cc(F)ccc4F)cc32)c1. The Labute approximate surface area is 210 Å². The van der Waals surface area contributed by atoms with Gasteiger partial charge in [0.15, 0.2) is 0 Å². The van der Waals surface area contributed by atoms with Gasteiger partial charge in [-0.15, -0.1) is 0 Å². The van der Waals surface area contributed by atoms with Gasteiger partial charge >= 0.3 is 0 Å². The second kappa shape index (κ2) is 9.65. The first-order valence-electron chi connectivity index (χ1n) is 11.7. The number of sulfonamides is 1. The van der Waals surface area contributed by atoms with Crippen molar-refractivity contribution in [2.75, 3.05) is 10.8 Å². The molecule has 0 amide bonds. The van der Waals surface area contributed by atoms with Gasteiger partial charge in [-0.05, 0) is 66.9 Å². The van der Waals surface area contributed by atoms with Crippen molar-refractivity contribution in [3.8, 4) is 16.9 Å². The van der Waals surface area contributed by atoms with E-state index in [1.807, 2.05) is 20.8 Å². The Hall–Kier alpha value is -3.26. The number of hydrogen-bond acceptors (Lipinski definition) is 4. The zero-order valence-electron chi connectivity index (χ0n) is 20.7. The third-order valence-corrected chi connectivity index (χ3v) is 8.01. The molecule has 1 atom stereocenters. The lowest BCUT2D eigenvalue weighted by Crippen LogP contribution is -2.44. The Bertz CT molecular complexity index is 1410. The van der Waals surface area contributed by atoms with Crippen molar-refractivity contribution in [3.05, 3.63) is 77.9 Å². The van der Waals surface area contributed by atoms with Crippen LogP contribution in [0.5, 0.6) is 5.75 Å². The average molecular weight is 514 g/mol. The minimum Gasteiger partial charge on any atom is -0.486 e. The van der Waals surface area contributed by atoms with Crippen LogP contribution in [-0.2, 0) is 14.8 Å². The summed E-state index contributed by atoms with van der Waals surface area (Å²) in [6.07, 6.45) is 0.0320. The maximum atomic E-state index is 14.5. The zero-order chi connectivity index (χ0) is 26.3. The van der Waals surface area contributed by atoms with Crippen LogP contribution in [0.1, 0.15) is 39.2 Å². The van der Waals surface area contributed by atoms with Crippen LogP contribution >= 0.6 is 0 Å². The highest BCUT2D eigenvalue weighted by Crippen LogP contribution is 2.41. The summed E-state index contributed by atoms with van der Waals surface area (Å²) in [4.78, 5) is 12.6. The number of halogens is 2. The molecule has 0 fully saturated rings. The van der Waals surface area contributed by atoms with Crippen molar-refractivity contribution in [1.29, 1.82) is 0 Å². The van der Waals surface area contributed by atoms with Gasteiger partial charge in [-0.1, -0.05) is 39.0 Å². The predicted molar refractivity (Wildman–Crippen MR) is 136 cm³/mol. The van der Waals surface area contributed by atoms with Gasteiger partial charge in [0.05, 0.1) is 17.1 Å². The smallest absolute Gasteiger partial charge is 0.264 e. The van der Waals surface area contributed by atoms with Crippen LogP contribution in [0.4, 0.5) is 14.5 Å². The summed E-state index contributed by atoms with van der Waals surface area (Å²) < 4.78 is 63.3. The van der Waals surface area contributed by atoms with E-state index in [9.17, 15) is 22.0 Å². The molecule has 4 rings (SSSR count). The number of nitrogens with zero attached hydrogens (tertiary/aromatic N) is 1. The second-order valence-corrected chi connectivity index (χ2v) is 12.0. The number of benzene rings is 3. The van der Waals surface area contributed by atoms with E-state index >= 15 is 0 Å².